The Labute approximate surface area is 167 Å². The van der Waals surface area contributed by atoms with E-state index in [9.17, 15) is 9.50 Å². The highest BCUT2D eigenvalue weighted by atomic mass is 19.1. The highest BCUT2D eigenvalue weighted by Gasteiger charge is 2.52. The van der Waals surface area contributed by atoms with Crippen LogP contribution in [0.1, 0.15) is 19.8 Å². The van der Waals surface area contributed by atoms with Gasteiger partial charge >= 0.3 is 0 Å². The van der Waals surface area contributed by atoms with E-state index >= 15 is 0 Å². The highest BCUT2D eigenvalue weighted by Crippen LogP contribution is 2.40. The molecule has 2 saturated heterocycles. The molecule has 1 saturated carbocycles. The molecule has 2 aromatic heterocycles. The maximum absolute atomic E-state index is 14.9. The van der Waals surface area contributed by atoms with Crippen LogP contribution in [0.2, 0.25) is 0 Å². The van der Waals surface area contributed by atoms with Crippen molar-refractivity contribution in [2.75, 3.05) is 6.54 Å². The van der Waals surface area contributed by atoms with Gasteiger partial charge in [0.2, 0.25) is 5.88 Å². The summed E-state index contributed by atoms with van der Waals surface area (Å²) in [4.78, 5) is 4.00. The SMILES string of the molecule is C[C@]12CC[C@H](CN1)[C@@H](Oc1ccc(-c3ccc(-n4ccnc4)cc3O)nn1)[C@@H]2F. The van der Waals surface area contributed by atoms with Crippen molar-refractivity contribution in [2.45, 2.75) is 37.6 Å². The number of nitrogens with one attached hydrogen (secondary N) is 1. The fourth-order valence-electron chi connectivity index (χ4n) is 4.29. The molecule has 0 radical (unpaired) electrons. The second-order valence-corrected chi connectivity index (χ2v) is 8.01. The first-order valence-corrected chi connectivity index (χ1v) is 9.75. The molecule has 2 N–H and O–H groups in total. The predicted octanol–water partition coefficient (Wildman–Crippen LogP) is 2.89. The van der Waals surface area contributed by atoms with E-state index in [1.54, 1.807) is 47.6 Å². The number of alkyl halides is 1. The summed E-state index contributed by atoms with van der Waals surface area (Å²) in [6, 6.07) is 8.69. The van der Waals surface area contributed by atoms with Crippen molar-refractivity contribution >= 4 is 0 Å². The topological polar surface area (TPSA) is 85.1 Å². The third kappa shape index (κ3) is 3.13. The molecule has 8 heteroatoms. The quantitative estimate of drug-likeness (QED) is 0.707. The Hall–Kier alpha value is -3.00. The number of aromatic hydroxyl groups is 1. The molecule has 3 aliphatic rings. The number of hydrogen-bond acceptors (Lipinski definition) is 6. The number of rotatable bonds is 4. The first kappa shape index (κ1) is 18.1. The minimum Gasteiger partial charge on any atom is -0.507 e. The summed E-state index contributed by atoms with van der Waals surface area (Å²) in [7, 11) is 0. The van der Waals surface area contributed by atoms with Crippen LogP contribution in [-0.2, 0) is 0 Å². The Balaban J connectivity index is 1.34. The first-order chi connectivity index (χ1) is 14.0. The van der Waals surface area contributed by atoms with E-state index in [0.29, 0.717) is 17.1 Å². The lowest BCUT2D eigenvalue weighted by atomic mass is 9.70. The van der Waals surface area contributed by atoms with Crippen LogP contribution in [0, 0.1) is 5.92 Å². The Morgan fingerprint density at radius 1 is 1.28 bits per heavy atom. The number of phenols is 1. The molecule has 0 unspecified atom stereocenters. The van der Waals surface area contributed by atoms with Crippen LogP contribution in [0.3, 0.4) is 0 Å². The van der Waals surface area contributed by atoms with E-state index in [0.717, 1.165) is 25.1 Å². The van der Waals surface area contributed by atoms with Gasteiger partial charge in [0.25, 0.3) is 0 Å². The summed E-state index contributed by atoms with van der Waals surface area (Å²) in [5.41, 5.74) is 1.34. The Morgan fingerprint density at radius 3 is 2.83 bits per heavy atom. The molecule has 4 atom stereocenters. The zero-order valence-electron chi connectivity index (χ0n) is 16.0. The molecule has 3 aromatic rings. The number of piperidine rings is 2. The molecule has 2 bridgehead atoms. The first-order valence-electron chi connectivity index (χ1n) is 9.75. The van der Waals surface area contributed by atoms with E-state index in [1.807, 2.05) is 13.0 Å². The second-order valence-electron chi connectivity index (χ2n) is 8.01. The molecular weight excluding hydrogens is 373 g/mol. The summed E-state index contributed by atoms with van der Waals surface area (Å²) >= 11 is 0. The van der Waals surface area contributed by atoms with Gasteiger partial charge < -0.3 is 19.7 Å². The number of hydrogen-bond donors (Lipinski definition) is 2. The number of imidazole rings is 1. The zero-order valence-corrected chi connectivity index (χ0v) is 16.0. The average Bonchev–Trinajstić information content (AvgIpc) is 3.27. The molecule has 2 aliphatic heterocycles. The fourth-order valence-corrected chi connectivity index (χ4v) is 4.29. The number of nitrogens with zero attached hydrogens (tertiary/aromatic N) is 4. The van der Waals surface area contributed by atoms with Crippen LogP contribution in [0.4, 0.5) is 4.39 Å². The molecule has 29 heavy (non-hydrogen) atoms. The second kappa shape index (κ2) is 6.81. The Morgan fingerprint density at radius 2 is 2.17 bits per heavy atom. The van der Waals surface area contributed by atoms with Crippen molar-refractivity contribution in [3.8, 4) is 28.6 Å². The lowest BCUT2D eigenvalue weighted by Gasteiger charge is -2.51. The van der Waals surface area contributed by atoms with Gasteiger partial charge in [-0.15, -0.1) is 10.2 Å². The number of benzene rings is 1. The summed E-state index contributed by atoms with van der Waals surface area (Å²) in [5.74, 6) is 0.520. The molecule has 3 fully saturated rings. The average molecular weight is 395 g/mol. The minimum absolute atomic E-state index is 0.0894. The van der Waals surface area contributed by atoms with Crippen LogP contribution in [0.15, 0.2) is 49.1 Å². The highest BCUT2D eigenvalue weighted by molar-refractivity contribution is 5.68. The van der Waals surface area contributed by atoms with Crippen LogP contribution < -0.4 is 10.1 Å². The van der Waals surface area contributed by atoms with Crippen molar-refractivity contribution in [1.82, 2.24) is 25.1 Å². The molecule has 0 amide bonds. The van der Waals surface area contributed by atoms with Crippen molar-refractivity contribution in [2.24, 2.45) is 5.92 Å². The van der Waals surface area contributed by atoms with Gasteiger partial charge in [-0.25, -0.2) is 9.37 Å². The molecule has 150 valence electrons. The van der Waals surface area contributed by atoms with Gasteiger partial charge in [0, 0.05) is 42.6 Å². The molecule has 4 heterocycles. The normalized spacial score (nSPS) is 28.4. The minimum atomic E-state index is -1.09. The summed E-state index contributed by atoms with van der Waals surface area (Å²) in [6.45, 7) is 2.67. The van der Waals surface area contributed by atoms with Gasteiger partial charge in [-0.1, -0.05) is 0 Å². The third-order valence-corrected chi connectivity index (χ3v) is 6.12. The number of fused-ring (bicyclic) bond motifs is 3. The maximum Gasteiger partial charge on any atom is 0.233 e. The van der Waals surface area contributed by atoms with Crippen LogP contribution >= 0.6 is 0 Å². The largest absolute Gasteiger partial charge is 0.507 e. The van der Waals surface area contributed by atoms with E-state index in [2.05, 4.69) is 20.5 Å². The summed E-state index contributed by atoms with van der Waals surface area (Å²) in [6.07, 6.45) is 5.29. The lowest BCUT2D eigenvalue weighted by molar-refractivity contribution is -0.0729. The fraction of sp³-hybridized carbons (Fsp3) is 0.381. The Bertz CT molecular complexity index is 1000. The van der Waals surface area contributed by atoms with Crippen LogP contribution in [0.25, 0.3) is 16.9 Å². The van der Waals surface area contributed by atoms with E-state index < -0.39 is 17.8 Å². The number of halogens is 1. The smallest absolute Gasteiger partial charge is 0.233 e. The zero-order chi connectivity index (χ0) is 20.0. The van der Waals surface area contributed by atoms with E-state index in [4.69, 9.17) is 4.74 Å². The molecule has 6 rings (SSSR count). The van der Waals surface area contributed by atoms with Crippen molar-refractivity contribution < 1.29 is 14.2 Å². The Kier molecular flexibility index (Phi) is 4.24. The van der Waals surface area contributed by atoms with Crippen LogP contribution in [0.5, 0.6) is 11.6 Å². The van der Waals surface area contributed by atoms with Gasteiger partial charge in [0.1, 0.15) is 11.9 Å². The molecular formula is C21H22FN5O2. The van der Waals surface area contributed by atoms with Crippen LogP contribution in [-0.4, -0.2) is 49.2 Å². The molecule has 0 spiro atoms. The maximum atomic E-state index is 14.9. The van der Waals surface area contributed by atoms with E-state index in [1.165, 1.54) is 0 Å². The predicted molar refractivity (Wildman–Crippen MR) is 105 cm³/mol. The number of aromatic nitrogens is 4. The number of phenolic OH excluding ortho intramolecular Hbond substituents is 1. The summed E-state index contributed by atoms with van der Waals surface area (Å²) in [5, 5.41) is 22.0. The molecule has 7 nitrogen and oxygen atoms in total. The van der Waals surface area contributed by atoms with Gasteiger partial charge in [0.05, 0.1) is 23.2 Å². The lowest BCUT2D eigenvalue weighted by Crippen LogP contribution is -2.68. The van der Waals surface area contributed by atoms with Crippen molar-refractivity contribution in [3.63, 3.8) is 0 Å². The standard InChI is InChI=1S/C21H22FN5O2/c1-21-7-6-13(11-24-21)19(20(21)22)29-18-5-4-16(25-26-18)15-3-2-14(10-17(15)28)27-9-8-23-12-27/h2-5,8-10,12-13,19-20,24,28H,6-7,11H2,1H3/t13-,19-,20+,21-/m1/s1. The monoisotopic (exact) mass is 395 g/mol. The molecule has 1 aromatic carbocycles. The van der Waals surface area contributed by atoms with Crippen molar-refractivity contribution in [3.05, 3.63) is 49.1 Å². The summed E-state index contributed by atoms with van der Waals surface area (Å²) < 4.78 is 22.6. The van der Waals surface area contributed by atoms with Crippen molar-refractivity contribution in [1.29, 1.82) is 0 Å². The van der Waals surface area contributed by atoms with Gasteiger partial charge in [-0.05, 0) is 38.0 Å². The van der Waals surface area contributed by atoms with Gasteiger partial charge in [-0.2, -0.15) is 0 Å². The third-order valence-electron chi connectivity index (χ3n) is 6.12. The molecule has 1 aliphatic carbocycles. The van der Waals surface area contributed by atoms with E-state index in [-0.39, 0.29) is 11.7 Å². The van der Waals surface area contributed by atoms with Gasteiger partial charge in [-0.3, -0.25) is 0 Å². The number of ether oxygens (including phenoxy) is 1. The van der Waals surface area contributed by atoms with Gasteiger partial charge in [0.15, 0.2) is 6.17 Å².